The molecule has 1 N–H and O–H groups in total. The normalized spacial score (nSPS) is 27.8. The molecule has 1 aromatic carbocycles. The second kappa shape index (κ2) is 6.75. The molecule has 0 aromatic heterocycles. The molecule has 1 aromatic rings. The molecule has 4 heteroatoms. The van der Waals surface area contributed by atoms with Crippen molar-refractivity contribution in [2.45, 2.75) is 44.6 Å². The van der Waals surface area contributed by atoms with Crippen LogP contribution in [0.15, 0.2) is 24.3 Å². The Kier molecular flexibility index (Phi) is 4.49. The van der Waals surface area contributed by atoms with Gasteiger partial charge in [0.25, 0.3) is 0 Å². The van der Waals surface area contributed by atoms with E-state index in [1.807, 2.05) is 12.1 Å². The number of phenolic OH excluding ortho intramolecular Hbond substituents is 1. The standard InChI is InChI=1S/C20H28N2O2/c23-19-6-2-5-16(9-19)10-20(24)22-13-17-7-8-18(14-22)21(12-17)11-15-3-1-4-15/h2,5-6,9,15,17-18,23H,1,3-4,7-8,10-14H2/t17-,18-/m1/s1. The van der Waals surface area contributed by atoms with E-state index in [0.717, 1.165) is 24.6 Å². The first-order chi connectivity index (χ1) is 11.7. The van der Waals surface area contributed by atoms with Crippen molar-refractivity contribution in [2.75, 3.05) is 26.2 Å². The third-order valence-corrected chi connectivity index (χ3v) is 6.16. The van der Waals surface area contributed by atoms with Crippen LogP contribution in [0.2, 0.25) is 0 Å². The second-order valence-electron chi connectivity index (χ2n) is 7.99. The zero-order valence-corrected chi connectivity index (χ0v) is 14.4. The number of benzene rings is 1. The van der Waals surface area contributed by atoms with Crippen molar-refractivity contribution in [1.29, 1.82) is 0 Å². The predicted molar refractivity (Wildman–Crippen MR) is 93.8 cm³/mol. The molecule has 0 unspecified atom stereocenters. The summed E-state index contributed by atoms with van der Waals surface area (Å²) in [6.45, 7) is 4.23. The fourth-order valence-electron chi connectivity index (χ4n) is 4.57. The molecule has 0 spiro atoms. The van der Waals surface area contributed by atoms with Crippen molar-refractivity contribution in [3.63, 3.8) is 0 Å². The van der Waals surface area contributed by atoms with E-state index in [-0.39, 0.29) is 11.7 Å². The number of hydrogen-bond acceptors (Lipinski definition) is 3. The summed E-state index contributed by atoms with van der Waals surface area (Å²) < 4.78 is 0. The number of fused-ring (bicyclic) bond motifs is 4. The molecule has 4 nitrogen and oxygen atoms in total. The molecule has 1 aliphatic carbocycles. The highest BCUT2D eigenvalue weighted by Crippen LogP contribution is 2.33. The number of carbonyl (C=O) groups is 1. The van der Waals surface area contributed by atoms with E-state index in [2.05, 4.69) is 9.80 Å². The molecular weight excluding hydrogens is 300 g/mol. The smallest absolute Gasteiger partial charge is 0.227 e. The fraction of sp³-hybridized carbons (Fsp3) is 0.650. The Bertz CT molecular complexity index is 599. The number of amides is 1. The number of aromatic hydroxyl groups is 1. The predicted octanol–water partition coefficient (Wildman–Crippen LogP) is 2.66. The Labute approximate surface area is 144 Å². The summed E-state index contributed by atoms with van der Waals surface area (Å²) in [5, 5.41) is 9.59. The average molecular weight is 328 g/mol. The highest BCUT2D eigenvalue weighted by atomic mass is 16.3. The summed E-state index contributed by atoms with van der Waals surface area (Å²) in [4.78, 5) is 17.5. The molecule has 3 heterocycles. The maximum absolute atomic E-state index is 12.8. The summed E-state index contributed by atoms with van der Waals surface area (Å²) in [6, 6.07) is 7.64. The van der Waals surface area contributed by atoms with Gasteiger partial charge in [0.15, 0.2) is 0 Å². The lowest BCUT2D eigenvalue weighted by Gasteiger charge is -2.40. The Morgan fingerprint density at radius 1 is 1.12 bits per heavy atom. The molecule has 130 valence electrons. The van der Waals surface area contributed by atoms with Crippen molar-refractivity contribution in [3.05, 3.63) is 29.8 Å². The zero-order chi connectivity index (χ0) is 16.5. The van der Waals surface area contributed by atoms with Gasteiger partial charge in [-0.2, -0.15) is 0 Å². The molecule has 0 radical (unpaired) electrons. The quantitative estimate of drug-likeness (QED) is 0.924. The van der Waals surface area contributed by atoms with Crippen LogP contribution in [0.25, 0.3) is 0 Å². The molecule has 4 fully saturated rings. The molecule has 3 aliphatic heterocycles. The van der Waals surface area contributed by atoms with Crippen LogP contribution in [0.3, 0.4) is 0 Å². The van der Waals surface area contributed by atoms with E-state index in [4.69, 9.17) is 0 Å². The van der Waals surface area contributed by atoms with Crippen molar-refractivity contribution in [2.24, 2.45) is 11.8 Å². The average Bonchev–Trinajstić information content (AvgIpc) is 2.83. The van der Waals surface area contributed by atoms with Gasteiger partial charge < -0.3 is 10.0 Å². The largest absolute Gasteiger partial charge is 0.508 e. The maximum atomic E-state index is 12.8. The van der Waals surface area contributed by atoms with E-state index < -0.39 is 0 Å². The minimum absolute atomic E-state index is 0.211. The monoisotopic (exact) mass is 328 g/mol. The number of carbonyl (C=O) groups excluding carboxylic acids is 1. The second-order valence-corrected chi connectivity index (χ2v) is 7.99. The first-order valence-electron chi connectivity index (χ1n) is 9.47. The first-order valence-corrected chi connectivity index (χ1v) is 9.47. The van der Waals surface area contributed by atoms with Crippen molar-refractivity contribution >= 4 is 5.91 Å². The molecule has 1 saturated carbocycles. The lowest BCUT2D eigenvalue weighted by molar-refractivity contribution is -0.130. The third-order valence-electron chi connectivity index (χ3n) is 6.16. The zero-order valence-electron chi connectivity index (χ0n) is 14.4. The molecular formula is C20H28N2O2. The van der Waals surface area contributed by atoms with Gasteiger partial charge in [0.1, 0.15) is 5.75 Å². The molecule has 4 aliphatic rings. The van der Waals surface area contributed by atoms with Crippen LogP contribution in [0.4, 0.5) is 0 Å². The van der Waals surface area contributed by atoms with Gasteiger partial charge in [0.05, 0.1) is 6.42 Å². The number of rotatable bonds is 4. The molecule has 3 saturated heterocycles. The number of piperidine rings is 1. The van der Waals surface area contributed by atoms with Crippen LogP contribution in [-0.2, 0) is 11.2 Å². The van der Waals surface area contributed by atoms with E-state index in [1.165, 1.54) is 45.2 Å². The van der Waals surface area contributed by atoms with Crippen molar-refractivity contribution in [1.82, 2.24) is 9.80 Å². The van der Waals surface area contributed by atoms with Gasteiger partial charge in [-0.25, -0.2) is 0 Å². The van der Waals surface area contributed by atoms with Gasteiger partial charge in [-0.15, -0.1) is 0 Å². The van der Waals surface area contributed by atoms with Crippen LogP contribution in [0.1, 0.15) is 37.7 Å². The van der Waals surface area contributed by atoms with Crippen LogP contribution >= 0.6 is 0 Å². The minimum Gasteiger partial charge on any atom is -0.508 e. The Morgan fingerprint density at radius 2 is 2.00 bits per heavy atom. The van der Waals surface area contributed by atoms with Crippen LogP contribution < -0.4 is 0 Å². The van der Waals surface area contributed by atoms with E-state index in [0.29, 0.717) is 18.4 Å². The SMILES string of the molecule is O=C(Cc1cccc(O)c1)N1C[C@@H]2CC[C@H](C1)N(CC1CCC1)C2. The Hall–Kier alpha value is -1.55. The van der Waals surface area contributed by atoms with Crippen molar-refractivity contribution < 1.29 is 9.90 Å². The molecule has 2 atom stereocenters. The van der Waals surface area contributed by atoms with Gasteiger partial charge >= 0.3 is 0 Å². The number of phenols is 1. The summed E-state index contributed by atoms with van der Waals surface area (Å²) in [7, 11) is 0. The van der Waals surface area contributed by atoms with Crippen LogP contribution in [0, 0.1) is 11.8 Å². The maximum Gasteiger partial charge on any atom is 0.227 e. The lowest BCUT2D eigenvalue weighted by atomic mass is 9.83. The lowest BCUT2D eigenvalue weighted by Crippen LogP contribution is -2.47. The van der Waals surface area contributed by atoms with Gasteiger partial charge in [-0.3, -0.25) is 9.69 Å². The highest BCUT2D eigenvalue weighted by Gasteiger charge is 2.37. The summed E-state index contributed by atoms with van der Waals surface area (Å²) in [5.74, 6) is 1.99. The summed E-state index contributed by atoms with van der Waals surface area (Å²) in [6.07, 6.45) is 7.11. The number of hydrogen-bond donors (Lipinski definition) is 1. The fourth-order valence-corrected chi connectivity index (χ4v) is 4.57. The van der Waals surface area contributed by atoms with E-state index in [1.54, 1.807) is 12.1 Å². The van der Waals surface area contributed by atoms with Crippen molar-refractivity contribution in [3.8, 4) is 5.75 Å². The summed E-state index contributed by atoms with van der Waals surface area (Å²) in [5.41, 5.74) is 0.905. The summed E-state index contributed by atoms with van der Waals surface area (Å²) >= 11 is 0. The van der Waals surface area contributed by atoms with E-state index in [9.17, 15) is 9.90 Å². The third kappa shape index (κ3) is 3.44. The number of nitrogens with zero attached hydrogens (tertiary/aromatic N) is 2. The molecule has 24 heavy (non-hydrogen) atoms. The molecule has 2 bridgehead atoms. The Balaban J connectivity index is 1.40. The Morgan fingerprint density at radius 3 is 2.75 bits per heavy atom. The molecule has 1 amide bonds. The minimum atomic E-state index is 0.211. The van der Waals surface area contributed by atoms with Crippen LogP contribution in [-0.4, -0.2) is 53.0 Å². The molecule has 5 rings (SSSR count). The van der Waals surface area contributed by atoms with Gasteiger partial charge in [-0.1, -0.05) is 18.6 Å². The van der Waals surface area contributed by atoms with Crippen LogP contribution in [0.5, 0.6) is 5.75 Å². The topological polar surface area (TPSA) is 43.8 Å². The van der Waals surface area contributed by atoms with E-state index >= 15 is 0 Å². The van der Waals surface area contributed by atoms with Gasteiger partial charge in [0, 0.05) is 32.2 Å². The first kappa shape index (κ1) is 15.9. The van der Waals surface area contributed by atoms with Gasteiger partial charge in [-0.05, 0) is 55.2 Å². The van der Waals surface area contributed by atoms with Gasteiger partial charge in [0.2, 0.25) is 5.91 Å². The highest BCUT2D eigenvalue weighted by molar-refractivity contribution is 5.79.